The summed E-state index contributed by atoms with van der Waals surface area (Å²) in [7, 11) is 0. The first-order valence-electron chi connectivity index (χ1n) is 8.95. The lowest BCUT2D eigenvalue weighted by Crippen LogP contribution is -2.41. The van der Waals surface area contributed by atoms with E-state index in [4.69, 9.17) is 16.3 Å². The van der Waals surface area contributed by atoms with Gasteiger partial charge in [-0.3, -0.25) is 14.8 Å². The molecule has 1 fully saturated rings. The topological polar surface area (TPSA) is 99.3 Å². The van der Waals surface area contributed by atoms with E-state index in [1.165, 1.54) is 12.8 Å². The van der Waals surface area contributed by atoms with Crippen LogP contribution in [0.3, 0.4) is 0 Å². The molecular formula is C18H21BrClN5O3. The van der Waals surface area contributed by atoms with Crippen LogP contribution >= 0.6 is 27.5 Å². The normalized spacial score (nSPS) is 15.2. The molecule has 0 bridgehead atoms. The van der Waals surface area contributed by atoms with Crippen molar-refractivity contribution in [3.63, 3.8) is 0 Å². The number of aromatic nitrogens is 2. The number of H-pyrrole nitrogens is 1. The van der Waals surface area contributed by atoms with Crippen molar-refractivity contribution in [3.05, 3.63) is 39.3 Å². The monoisotopic (exact) mass is 469 g/mol. The summed E-state index contributed by atoms with van der Waals surface area (Å²) in [5, 5.41) is 12.3. The molecule has 1 unspecified atom stereocenters. The van der Waals surface area contributed by atoms with E-state index in [1.54, 1.807) is 24.3 Å². The third-order valence-electron chi connectivity index (χ3n) is 4.53. The predicted molar refractivity (Wildman–Crippen MR) is 110 cm³/mol. The molecule has 1 saturated heterocycles. The largest absolute Gasteiger partial charge is 0.414 e. The van der Waals surface area contributed by atoms with Gasteiger partial charge in [-0.05, 0) is 60.9 Å². The second-order valence-corrected chi connectivity index (χ2v) is 7.71. The van der Waals surface area contributed by atoms with Crippen molar-refractivity contribution in [2.75, 3.05) is 25.0 Å². The van der Waals surface area contributed by atoms with Crippen molar-refractivity contribution >= 4 is 45.3 Å². The van der Waals surface area contributed by atoms with E-state index in [1.807, 2.05) is 0 Å². The van der Waals surface area contributed by atoms with Gasteiger partial charge in [0.1, 0.15) is 10.3 Å². The summed E-state index contributed by atoms with van der Waals surface area (Å²) >= 11 is 9.31. The Morgan fingerprint density at radius 2 is 2.07 bits per heavy atom. The highest BCUT2D eigenvalue weighted by Crippen LogP contribution is 2.30. The number of hydrogen-bond donors (Lipinski definition) is 3. The number of carbonyl (C=O) groups excluding carboxylic acids is 2. The van der Waals surface area contributed by atoms with Crippen molar-refractivity contribution in [1.29, 1.82) is 0 Å². The summed E-state index contributed by atoms with van der Waals surface area (Å²) in [6.07, 6.45) is 1.78. The van der Waals surface area contributed by atoms with Crippen molar-refractivity contribution in [3.8, 4) is 5.88 Å². The van der Waals surface area contributed by atoms with Crippen LogP contribution in [0.5, 0.6) is 5.88 Å². The number of benzene rings is 1. The van der Waals surface area contributed by atoms with Crippen LogP contribution in [0.1, 0.15) is 30.1 Å². The van der Waals surface area contributed by atoms with E-state index in [2.05, 4.69) is 48.6 Å². The summed E-state index contributed by atoms with van der Waals surface area (Å²) in [6.45, 7) is 4.66. The van der Waals surface area contributed by atoms with Crippen LogP contribution in [0.2, 0.25) is 5.02 Å². The van der Waals surface area contributed by atoms with Gasteiger partial charge in [-0.1, -0.05) is 23.7 Å². The number of rotatable bonds is 6. The maximum atomic E-state index is 12.3. The molecule has 2 amide bonds. The molecule has 150 valence electrons. The van der Waals surface area contributed by atoms with E-state index in [0.29, 0.717) is 21.6 Å². The molecule has 0 radical (unpaired) electrons. The smallest absolute Gasteiger partial charge is 0.388 e. The highest BCUT2D eigenvalue weighted by molar-refractivity contribution is 9.10. The van der Waals surface area contributed by atoms with Crippen LogP contribution in [-0.4, -0.2) is 52.8 Å². The first-order chi connectivity index (χ1) is 13.5. The summed E-state index contributed by atoms with van der Waals surface area (Å²) < 4.78 is 5.54. The fourth-order valence-electron chi connectivity index (χ4n) is 2.95. The molecule has 0 spiro atoms. The van der Waals surface area contributed by atoms with Crippen molar-refractivity contribution in [2.24, 2.45) is 0 Å². The average molecular weight is 471 g/mol. The lowest BCUT2D eigenvalue weighted by Gasteiger charge is -2.23. The van der Waals surface area contributed by atoms with Crippen molar-refractivity contribution in [1.82, 2.24) is 20.4 Å². The van der Waals surface area contributed by atoms with E-state index in [-0.39, 0.29) is 17.7 Å². The number of ether oxygens (including phenoxy) is 1. The van der Waals surface area contributed by atoms with Gasteiger partial charge < -0.3 is 15.4 Å². The average Bonchev–Trinajstić information content (AvgIpc) is 3.32. The molecule has 1 atom stereocenters. The first kappa shape index (κ1) is 20.6. The van der Waals surface area contributed by atoms with Gasteiger partial charge in [0.25, 0.3) is 11.8 Å². The van der Waals surface area contributed by atoms with Gasteiger partial charge in [0, 0.05) is 12.6 Å². The quantitative estimate of drug-likeness (QED) is 0.598. The Hall–Kier alpha value is -2.10. The van der Waals surface area contributed by atoms with Gasteiger partial charge in [-0.15, -0.1) is 5.10 Å². The second kappa shape index (κ2) is 9.40. The molecule has 0 aliphatic carbocycles. The minimum Gasteiger partial charge on any atom is -0.388 e. The maximum Gasteiger partial charge on any atom is 0.414 e. The Morgan fingerprint density at radius 3 is 2.79 bits per heavy atom. The highest BCUT2D eigenvalue weighted by Gasteiger charge is 2.21. The zero-order valence-corrected chi connectivity index (χ0v) is 17.6. The van der Waals surface area contributed by atoms with Gasteiger partial charge in [0.2, 0.25) is 0 Å². The zero-order chi connectivity index (χ0) is 20.1. The van der Waals surface area contributed by atoms with Gasteiger partial charge >= 0.3 is 6.09 Å². The number of nitrogens with zero attached hydrogens (tertiary/aromatic N) is 2. The molecule has 0 saturated carbocycles. The van der Waals surface area contributed by atoms with Crippen LogP contribution in [-0.2, 0) is 0 Å². The minimum absolute atomic E-state index is 0.0285. The van der Waals surface area contributed by atoms with E-state index in [9.17, 15) is 9.59 Å². The van der Waals surface area contributed by atoms with Gasteiger partial charge in [-0.25, -0.2) is 4.79 Å². The van der Waals surface area contributed by atoms with Gasteiger partial charge in [0.15, 0.2) is 0 Å². The number of carbonyl (C=O) groups is 2. The summed E-state index contributed by atoms with van der Waals surface area (Å²) in [4.78, 5) is 26.7. The molecule has 3 rings (SSSR count). The fourth-order valence-corrected chi connectivity index (χ4v) is 3.53. The minimum atomic E-state index is -0.609. The SMILES string of the molecule is CC(CNC(=O)Oc1n[nH]c(NC(=O)c2ccccc2Cl)c1Br)N1CCCC1. The van der Waals surface area contributed by atoms with Crippen molar-refractivity contribution in [2.45, 2.75) is 25.8 Å². The molecule has 1 aliphatic rings. The Morgan fingerprint density at radius 1 is 1.36 bits per heavy atom. The molecule has 2 aromatic rings. The number of amides is 2. The van der Waals surface area contributed by atoms with Crippen LogP contribution in [0, 0.1) is 0 Å². The van der Waals surface area contributed by atoms with Crippen LogP contribution in [0.25, 0.3) is 0 Å². The molecule has 1 aliphatic heterocycles. The van der Waals surface area contributed by atoms with Gasteiger partial charge in [-0.2, -0.15) is 0 Å². The van der Waals surface area contributed by atoms with Gasteiger partial charge in [0.05, 0.1) is 10.6 Å². The Labute approximate surface area is 176 Å². The van der Waals surface area contributed by atoms with Crippen molar-refractivity contribution < 1.29 is 14.3 Å². The maximum absolute atomic E-state index is 12.3. The molecule has 2 heterocycles. The Kier molecular flexibility index (Phi) is 6.93. The predicted octanol–water partition coefficient (Wildman–Crippen LogP) is 3.65. The third-order valence-corrected chi connectivity index (χ3v) is 5.59. The molecule has 10 heteroatoms. The number of halogens is 2. The Bertz CT molecular complexity index is 853. The first-order valence-corrected chi connectivity index (χ1v) is 10.1. The van der Waals surface area contributed by atoms with Crippen LogP contribution in [0.15, 0.2) is 28.7 Å². The molecule has 1 aromatic heterocycles. The second-order valence-electron chi connectivity index (χ2n) is 6.51. The number of hydrogen-bond acceptors (Lipinski definition) is 5. The third kappa shape index (κ3) is 5.03. The lowest BCUT2D eigenvalue weighted by atomic mass is 10.2. The number of nitrogens with one attached hydrogen (secondary N) is 3. The van der Waals surface area contributed by atoms with E-state index in [0.717, 1.165) is 13.1 Å². The van der Waals surface area contributed by atoms with E-state index < -0.39 is 12.0 Å². The van der Waals surface area contributed by atoms with Crippen LogP contribution < -0.4 is 15.4 Å². The fraction of sp³-hybridized carbons (Fsp3) is 0.389. The highest BCUT2D eigenvalue weighted by atomic mass is 79.9. The molecule has 3 N–H and O–H groups in total. The number of anilines is 1. The Balaban J connectivity index is 1.54. The summed E-state index contributed by atoms with van der Waals surface area (Å²) in [5.74, 6) is -0.121. The number of aromatic amines is 1. The standard InChI is InChI=1S/C18H21BrClN5O3/c1-11(25-8-4-5-9-25)10-21-18(27)28-17-14(19)15(23-24-17)22-16(26)12-6-2-3-7-13(12)20/h2-3,6-7,11H,4-5,8-10H2,1H3,(H,21,27)(H2,22,23,24,26). The lowest BCUT2D eigenvalue weighted by molar-refractivity contribution is 0.102. The summed E-state index contributed by atoms with van der Waals surface area (Å²) in [5.41, 5.74) is 0.321. The number of likely N-dealkylation sites (tertiary alicyclic amines) is 1. The molecule has 1 aromatic carbocycles. The molecular weight excluding hydrogens is 450 g/mol. The zero-order valence-electron chi connectivity index (χ0n) is 15.3. The van der Waals surface area contributed by atoms with Crippen LogP contribution in [0.4, 0.5) is 10.6 Å². The summed E-state index contributed by atoms with van der Waals surface area (Å²) in [6, 6.07) is 6.92. The van der Waals surface area contributed by atoms with E-state index >= 15 is 0 Å². The molecule has 8 nitrogen and oxygen atoms in total. The molecule has 28 heavy (non-hydrogen) atoms.